The summed E-state index contributed by atoms with van der Waals surface area (Å²) >= 11 is 1.80. The Morgan fingerprint density at radius 1 is 1.44 bits per heavy atom. The van der Waals surface area contributed by atoms with Crippen LogP contribution in [0.3, 0.4) is 0 Å². The van der Waals surface area contributed by atoms with Crippen molar-refractivity contribution in [2.45, 2.75) is 39.5 Å². The van der Waals surface area contributed by atoms with E-state index in [1.807, 2.05) is 0 Å². The number of hydrogen-bond donors (Lipinski definition) is 1. The van der Waals surface area contributed by atoms with Crippen molar-refractivity contribution in [3.63, 3.8) is 0 Å². The molecule has 1 fully saturated rings. The van der Waals surface area contributed by atoms with Gasteiger partial charge >= 0.3 is 0 Å². The van der Waals surface area contributed by atoms with Crippen LogP contribution in [-0.4, -0.2) is 31.2 Å². The molecule has 0 bridgehead atoms. The van der Waals surface area contributed by atoms with Crippen LogP contribution in [0.4, 0.5) is 5.13 Å². The fraction of sp³-hybridized carbons (Fsp3) is 0.786. The second-order valence-electron chi connectivity index (χ2n) is 5.06. The topological polar surface area (TPSA) is 28.2 Å². The maximum Gasteiger partial charge on any atom is 0.185 e. The summed E-state index contributed by atoms with van der Waals surface area (Å²) in [5.41, 5.74) is 1.24. The number of nitrogens with zero attached hydrogens (tertiary/aromatic N) is 2. The monoisotopic (exact) mass is 267 g/mol. The minimum absolute atomic E-state index is 0.916. The number of anilines is 1. The fourth-order valence-electron chi connectivity index (χ4n) is 2.28. The van der Waals surface area contributed by atoms with Gasteiger partial charge in [-0.2, -0.15) is 0 Å². The van der Waals surface area contributed by atoms with Crippen LogP contribution in [0.25, 0.3) is 0 Å². The highest BCUT2D eigenvalue weighted by Crippen LogP contribution is 2.30. The van der Waals surface area contributed by atoms with Crippen LogP contribution in [0.5, 0.6) is 0 Å². The van der Waals surface area contributed by atoms with Gasteiger partial charge in [-0.15, -0.1) is 11.3 Å². The molecule has 1 aliphatic carbocycles. The molecule has 1 aromatic rings. The fourth-order valence-corrected chi connectivity index (χ4v) is 3.21. The van der Waals surface area contributed by atoms with Crippen LogP contribution in [0, 0.1) is 5.92 Å². The summed E-state index contributed by atoms with van der Waals surface area (Å²) in [6, 6.07) is 0. The van der Waals surface area contributed by atoms with Crippen molar-refractivity contribution in [1.82, 2.24) is 10.3 Å². The van der Waals surface area contributed by atoms with Crippen LogP contribution in [0.1, 0.15) is 38.8 Å². The molecule has 0 atom stereocenters. The van der Waals surface area contributed by atoms with Gasteiger partial charge in [-0.1, -0.05) is 13.3 Å². The first-order valence-electron chi connectivity index (χ1n) is 7.23. The van der Waals surface area contributed by atoms with Gasteiger partial charge in [0.05, 0.1) is 5.69 Å². The second kappa shape index (κ2) is 7.10. The number of hydrogen-bond acceptors (Lipinski definition) is 4. The van der Waals surface area contributed by atoms with Gasteiger partial charge in [-0.25, -0.2) is 4.98 Å². The van der Waals surface area contributed by atoms with E-state index in [9.17, 15) is 0 Å². The zero-order chi connectivity index (χ0) is 12.8. The molecule has 0 spiro atoms. The Bertz CT molecular complexity index is 347. The Morgan fingerprint density at radius 2 is 2.28 bits per heavy atom. The third-order valence-electron chi connectivity index (χ3n) is 3.70. The predicted octanol–water partition coefficient (Wildman–Crippen LogP) is 2.92. The molecule has 2 rings (SSSR count). The Kier molecular flexibility index (Phi) is 5.45. The van der Waals surface area contributed by atoms with Crippen LogP contribution in [-0.2, 0) is 6.42 Å². The molecule has 4 heteroatoms. The molecule has 18 heavy (non-hydrogen) atoms. The molecule has 1 saturated carbocycles. The van der Waals surface area contributed by atoms with E-state index in [1.165, 1.54) is 36.6 Å². The van der Waals surface area contributed by atoms with Crippen molar-refractivity contribution >= 4 is 16.5 Å². The van der Waals surface area contributed by atoms with E-state index in [0.29, 0.717) is 0 Å². The van der Waals surface area contributed by atoms with E-state index in [-0.39, 0.29) is 0 Å². The SMILES string of the molecule is CCNCCc1csc(N(CC)CC2CCC2)n1. The van der Waals surface area contributed by atoms with Gasteiger partial charge in [0.2, 0.25) is 0 Å². The van der Waals surface area contributed by atoms with E-state index in [0.717, 1.165) is 32.0 Å². The lowest BCUT2D eigenvalue weighted by Gasteiger charge is -2.31. The standard InChI is InChI=1S/C14H25N3S/c1-3-15-9-8-13-11-18-14(16-13)17(4-2)10-12-6-5-7-12/h11-12,15H,3-10H2,1-2H3. The van der Waals surface area contributed by atoms with Crippen LogP contribution in [0.15, 0.2) is 5.38 Å². The molecular weight excluding hydrogens is 242 g/mol. The average molecular weight is 267 g/mol. The third-order valence-corrected chi connectivity index (χ3v) is 4.65. The number of rotatable bonds is 8. The summed E-state index contributed by atoms with van der Waals surface area (Å²) in [5.74, 6) is 0.916. The molecule has 0 aromatic carbocycles. The maximum absolute atomic E-state index is 4.77. The molecule has 1 heterocycles. The number of aromatic nitrogens is 1. The van der Waals surface area contributed by atoms with Crippen LogP contribution in [0.2, 0.25) is 0 Å². The summed E-state index contributed by atoms with van der Waals surface area (Å²) in [5, 5.41) is 6.79. The first-order chi connectivity index (χ1) is 8.83. The quantitative estimate of drug-likeness (QED) is 0.734. The molecule has 0 aliphatic heterocycles. The Morgan fingerprint density at radius 3 is 2.89 bits per heavy atom. The van der Waals surface area contributed by atoms with Crippen molar-refractivity contribution in [3.05, 3.63) is 11.1 Å². The van der Waals surface area contributed by atoms with Crippen molar-refractivity contribution in [2.24, 2.45) is 5.92 Å². The zero-order valence-corrected chi connectivity index (χ0v) is 12.4. The van der Waals surface area contributed by atoms with Gasteiger partial charge in [0.1, 0.15) is 0 Å². The molecule has 0 radical (unpaired) electrons. The molecule has 0 saturated heterocycles. The van der Waals surface area contributed by atoms with Crippen molar-refractivity contribution in [3.8, 4) is 0 Å². The highest BCUT2D eigenvalue weighted by Gasteiger charge is 2.21. The minimum Gasteiger partial charge on any atom is -0.348 e. The number of nitrogens with one attached hydrogen (secondary N) is 1. The summed E-state index contributed by atoms with van der Waals surface area (Å²) < 4.78 is 0. The molecule has 1 aliphatic rings. The lowest BCUT2D eigenvalue weighted by atomic mass is 9.85. The van der Waals surface area contributed by atoms with Gasteiger partial charge < -0.3 is 10.2 Å². The average Bonchev–Trinajstić information content (AvgIpc) is 2.77. The lowest BCUT2D eigenvalue weighted by Crippen LogP contribution is -2.32. The van der Waals surface area contributed by atoms with Crippen molar-refractivity contribution in [2.75, 3.05) is 31.1 Å². The third kappa shape index (κ3) is 3.69. The van der Waals surface area contributed by atoms with Gasteiger partial charge in [0, 0.05) is 31.4 Å². The van der Waals surface area contributed by atoms with Crippen molar-refractivity contribution in [1.29, 1.82) is 0 Å². The lowest BCUT2D eigenvalue weighted by molar-refractivity contribution is 0.318. The molecule has 102 valence electrons. The molecule has 0 unspecified atom stereocenters. The predicted molar refractivity (Wildman–Crippen MR) is 79.6 cm³/mol. The molecule has 1 aromatic heterocycles. The smallest absolute Gasteiger partial charge is 0.185 e. The summed E-state index contributed by atoms with van der Waals surface area (Å²) in [6.45, 7) is 8.74. The van der Waals surface area contributed by atoms with E-state index in [1.54, 1.807) is 11.3 Å². The Hall–Kier alpha value is -0.610. The van der Waals surface area contributed by atoms with E-state index in [2.05, 4.69) is 29.4 Å². The summed E-state index contributed by atoms with van der Waals surface area (Å²) in [6.07, 6.45) is 5.30. The Balaban J connectivity index is 1.85. The zero-order valence-electron chi connectivity index (χ0n) is 11.6. The summed E-state index contributed by atoms with van der Waals surface area (Å²) in [4.78, 5) is 7.22. The van der Waals surface area contributed by atoms with E-state index in [4.69, 9.17) is 4.98 Å². The molecule has 1 N–H and O–H groups in total. The molecule has 0 amide bonds. The molecular formula is C14H25N3S. The van der Waals surface area contributed by atoms with Gasteiger partial charge in [-0.3, -0.25) is 0 Å². The largest absolute Gasteiger partial charge is 0.348 e. The summed E-state index contributed by atoms with van der Waals surface area (Å²) in [7, 11) is 0. The maximum atomic E-state index is 4.77. The highest BCUT2D eigenvalue weighted by molar-refractivity contribution is 7.13. The van der Waals surface area contributed by atoms with E-state index < -0.39 is 0 Å². The molecule has 3 nitrogen and oxygen atoms in total. The van der Waals surface area contributed by atoms with Crippen LogP contribution >= 0.6 is 11.3 Å². The Labute approximate surface area is 115 Å². The van der Waals surface area contributed by atoms with Gasteiger partial charge in [0.25, 0.3) is 0 Å². The highest BCUT2D eigenvalue weighted by atomic mass is 32.1. The first kappa shape index (κ1) is 13.8. The number of thiazole rings is 1. The minimum atomic E-state index is 0.916. The first-order valence-corrected chi connectivity index (χ1v) is 8.11. The van der Waals surface area contributed by atoms with Crippen LogP contribution < -0.4 is 10.2 Å². The normalized spacial score (nSPS) is 15.7. The van der Waals surface area contributed by atoms with E-state index >= 15 is 0 Å². The van der Waals surface area contributed by atoms with Gasteiger partial charge in [-0.05, 0) is 32.2 Å². The number of likely N-dealkylation sites (N-methyl/N-ethyl adjacent to an activating group) is 1. The second-order valence-corrected chi connectivity index (χ2v) is 5.90. The van der Waals surface area contributed by atoms with Gasteiger partial charge in [0.15, 0.2) is 5.13 Å². The van der Waals surface area contributed by atoms with Crippen molar-refractivity contribution < 1.29 is 0 Å².